The van der Waals surface area contributed by atoms with Gasteiger partial charge in [0, 0.05) is 24.7 Å². The molecule has 6 nitrogen and oxygen atoms in total. The van der Waals surface area contributed by atoms with Crippen molar-refractivity contribution in [2.45, 2.75) is 20.3 Å². The van der Waals surface area contributed by atoms with Gasteiger partial charge >= 0.3 is 0 Å². The van der Waals surface area contributed by atoms with E-state index < -0.39 is 5.82 Å². The number of anilines is 4. The minimum Gasteiger partial charge on any atom is -0.396 e. The highest BCUT2D eigenvalue weighted by molar-refractivity contribution is 5.91. The molecule has 0 saturated heterocycles. The number of nitrogens with two attached hydrogens (primary N) is 1. The lowest BCUT2D eigenvalue weighted by atomic mass is 10.1. The van der Waals surface area contributed by atoms with Crippen molar-refractivity contribution >= 4 is 28.9 Å². The number of hydrogen-bond donors (Lipinski definition) is 2. The number of benzene rings is 1. The molecule has 0 bridgehead atoms. The molecule has 0 saturated carbocycles. The molecule has 2 aromatic rings. The zero-order chi connectivity index (χ0) is 17.0. The molecule has 122 valence electrons. The van der Waals surface area contributed by atoms with Crippen LogP contribution in [0, 0.1) is 11.7 Å². The Hall–Kier alpha value is -2.70. The van der Waals surface area contributed by atoms with Gasteiger partial charge in [0.15, 0.2) is 0 Å². The van der Waals surface area contributed by atoms with Gasteiger partial charge in [-0.25, -0.2) is 14.4 Å². The third kappa shape index (κ3) is 3.94. The molecule has 1 aromatic heterocycles. The number of halogens is 1. The Morgan fingerprint density at radius 2 is 2.13 bits per heavy atom. The first-order valence-electron chi connectivity index (χ1n) is 7.34. The van der Waals surface area contributed by atoms with E-state index in [2.05, 4.69) is 15.3 Å². The summed E-state index contributed by atoms with van der Waals surface area (Å²) in [4.78, 5) is 21.8. The standard InChI is InChI=1S/C16H20FN5O/c1-4-10(2)16(23)21-14-8-15(20-9-19-14)22(3)11-5-6-13(18)12(17)7-11/h5-10H,4,18H2,1-3H3,(H,19,20,21,23). The van der Waals surface area contributed by atoms with Gasteiger partial charge in [-0.05, 0) is 24.6 Å². The fraction of sp³-hybridized carbons (Fsp3) is 0.312. The molecule has 0 radical (unpaired) electrons. The van der Waals surface area contributed by atoms with Crippen LogP contribution in [0.5, 0.6) is 0 Å². The summed E-state index contributed by atoms with van der Waals surface area (Å²) >= 11 is 0. The lowest BCUT2D eigenvalue weighted by Crippen LogP contribution is -2.21. The molecular weight excluding hydrogens is 297 g/mol. The number of hydrogen-bond acceptors (Lipinski definition) is 5. The summed E-state index contributed by atoms with van der Waals surface area (Å²) in [5.41, 5.74) is 6.16. The van der Waals surface area contributed by atoms with Crippen molar-refractivity contribution in [1.82, 2.24) is 9.97 Å². The summed E-state index contributed by atoms with van der Waals surface area (Å²) in [7, 11) is 1.74. The van der Waals surface area contributed by atoms with E-state index in [4.69, 9.17) is 5.73 Å². The van der Waals surface area contributed by atoms with Gasteiger partial charge in [-0.3, -0.25) is 4.79 Å². The molecule has 2 rings (SSSR count). The molecule has 0 spiro atoms. The summed E-state index contributed by atoms with van der Waals surface area (Å²) in [6.07, 6.45) is 2.10. The van der Waals surface area contributed by atoms with E-state index in [9.17, 15) is 9.18 Å². The first-order chi connectivity index (χ1) is 10.9. The number of carbonyl (C=O) groups is 1. The minimum atomic E-state index is -0.492. The van der Waals surface area contributed by atoms with E-state index >= 15 is 0 Å². The molecule has 1 heterocycles. The van der Waals surface area contributed by atoms with Crippen LogP contribution in [0.3, 0.4) is 0 Å². The second-order valence-corrected chi connectivity index (χ2v) is 5.32. The van der Waals surface area contributed by atoms with Crippen LogP contribution in [-0.2, 0) is 4.79 Å². The molecule has 23 heavy (non-hydrogen) atoms. The van der Waals surface area contributed by atoms with E-state index in [0.29, 0.717) is 17.3 Å². The largest absolute Gasteiger partial charge is 0.396 e. The summed E-state index contributed by atoms with van der Waals surface area (Å²) < 4.78 is 13.6. The first kappa shape index (κ1) is 16.7. The quantitative estimate of drug-likeness (QED) is 0.828. The van der Waals surface area contributed by atoms with Crippen molar-refractivity contribution in [2.24, 2.45) is 5.92 Å². The second kappa shape index (κ2) is 7.04. The molecule has 1 unspecified atom stereocenters. The van der Waals surface area contributed by atoms with E-state index in [0.717, 1.165) is 6.42 Å². The van der Waals surface area contributed by atoms with Gasteiger partial charge in [0.05, 0.1) is 5.69 Å². The Kier molecular flexibility index (Phi) is 5.10. The third-order valence-electron chi connectivity index (χ3n) is 3.68. The van der Waals surface area contributed by atoms with Gasteiger partial charge in [0.2, 0.25) is 5.91 Å². The molecule has 3 N–H and O–H groups in total. The van der Waals surface area contributed by atoms with Crippen LogP contribution in [0.1, 0.15) is 20.3 Å². The normalized spacial score (nSPS) is 11.8. The van der Waals surface area contributed by atoms with Gasteiger partial charge in [-0.15, -0.1) is 0 Å². The van der Waals surface area contributed by atoms with Crippen LogP contribution >= 0.6 is 0 Å². The van der Waals surface area contributed by atoms with Crippen molar-refractivity contribution in [1.29, 1.82) is 0 Å². The van der Waals surface area contributed by atoms with Crippen LogP contribution in [0.4, 0.5) is 27.4 Å². The summed E-state index contributed by atoms with van der Waals surface area (Å²) in [5.74, 6) is 0.246. The second-order valence-electron chi connectivity index (χ2n) is 5.32. The lowest BCUT2D eigenvalue weighted by Gasteiger charge is -2.19. The van der Waals surface area contributed by atoms with Crippen molar-refractivity contribution in [3.8, 4) is 0 Å². The van der Waals surface area contributed by atoms with Gasteiger partial charge in [0.1, 0.15) is 23.8 Å². The van der Waals surface area contributed by atoms with Crippen molar-refractivity contribution < 1.29 is 9.18 Å². The van der Waals surface area contributed by atoms with Crippen LogP contribution < -0.4 is 16.0 Å². The number of amides is 1. The summed E-state index contributed by atoms with van der Waals surface area (Å²) in [6, 6.07) is 6.15. The van der Waals surface area contributed by atoms with Crippen LogP contribution in [-0.4, -0.2) is 22.9 Å². The van der Waals surface area contributed by atoms with Gasteiger partial charge in [0.25, 0.3) is 0 Å². The Morgan fingerprint density at radius 1 is 1.39 bits per heavy atom. The molecule has 0 aliphatic heterocycles. The van der Waals surface area contributed by atoms with Crippen molar-refractivity contribution in [3.63, 3.8) is 0 Å². The highest BCUT2D eigenvalue weighted by Crippen LogP contribution is 2.25. The highest BCUT2D eigenvalue weighted by Gasteiger charge is 2.13. The van der Waals surface area contributed by atoms with Crippen LogP contribution in [0.15, 0.2) is 30.6 Å². The fourth-order valence-corrected chi connectivity index (χ4v) is 1.89. The number of nitrogen functional groups attached to an aromatic ring is 1. The SMILES string of the molecule is CCC(C)C(=O)Nc1cc(N(C)c2ccc(N)c(F)c2)ncn1. The smallest absolute Gasteiger partial charge is 0.228 e. The predicted octanol–water partition coefficient (Wildman–Crippen LogP) is 2.95. The number of carbonyl (C=O) groups excluding carboxylic acids is 1. The maximum absolute atomic E-state index is 13.6. The highest BCUT2D eigenvalue weighted by atomic mass is 19.1. The van der Waals surface area contributed by atoms with Crippen molar-refractivity contribution in [2.75, 3.05) is 23.0 Å². The Bertz CT molecular complexity index is 707. The van der Waals surface area contributed by atoms with Crippen LogP contribution in [0.25, 0.3) is 0 Å². The van der Waals surface area contributed by atoms with Gasteiger partial charge in [-0.1, -0.05) is 13.8 Å². The first-order valence-corrected chi connectivity index (χ1v) is 7.34. The Balaban J connectivity index is 2.21. The molecule has 0 fully saturated rings. The predicted molar refractivity (Wildman–Crippen MR) is 89.0 cm³/mol. The topological polar surface area (TPSA) is 84.1 Å². The molecule has 1 aromatic carbocycles. The maximum atomic E-state index is 13.6. The molecular formula is C16H20FN5O. The molecule has 1 amide bonds. The van der Waals surface area contributed by atoms with Gasteiger partial charge < -0.3 is 16.0 Å². The average molecular weight is 317 g/mol. The van der Waals surface area contributed by atoms with E-state index in [-0.39, 0.29) is 17.5 Å². The molecule has 1 atom stereocenters. The fourth-order valence-electron chi connectivity index (χ4n) is 1.89. The van der Waals surface area contributed by atoms with E-state index in [1.807, 2.05) is 13.8 Å². The minimum absolute atomic E-state index is 0.0892. The number of nitrogens with one attached hydrogen (secondary N) is 1. The lowest BCUT2D eigenvalue weighted by molar-refractivity contribution is -0.119. The monoisotopic (exact) mass is 317 g/mol. The summed E-state index contributed by atoms with van der Waals surface area (Å²) in [5, 5.41) is 2.75. The Morgan fingerprint density at radius 3 is 2.78 bits per heavy atom. The van der Waals surface area contributed by atoms with E-state index in [1.54, 1.807) is 24.1 Å². The Labute approximate surface area is 134 Å². The van der Waals surface area contributed by atoms with Crippen LogP contribution in [0.2, 0.25) is 0 Å². The third-order valence-corrected chi connectivity index (χ3v) is 3.68. The number of nitrogens with zero attached hydrogens (tertiary/aromatic N) is 3. The van der Waals surface area contributed by atoms with Crippen molar-refractivity contribution in [3.05, 3.63) is 36.4 Å². The zero-order valence-corrected chi connectivity index (χ0v) is 13.4. The number of rotatable bonds is 5. The maximum Gasteiger partial charge on any atom is 0.228 e. The zero-order valence-electron chi connectivity index (χ0n) is 13.4. The summed E-state index contributed by atoms with van der Waals surface area (Å²) in [6.45, 7) is 3.79. The molecule has 0 aliphatic rings. The number of aromatic nitrogens is 2. The van der Waals surface area contributed by atoms with Gasteiger partial charge in [-0.2, -0.15) is 0 Å². The molecule has 7 heteroatoms. The van der Waals surface area contributed by atoms with E-state index in [1.165, 1.54) is 18.5 Å². The molecule has 0 aliphatic carbocycles. The average Bonchev–Trinajstić information content (AvgIpc) is 2.56.